The fourth-order valence-electron chi connectivity index (χ4n) is 3.93. The third kappa shape index (κ3) is 5.66. The zero-order valence-corrected chi connectivity index (χ0v) is 18.8. The highest BCUT2D eigenvalue weighted by atomic mass is 16.3. The fraction of sp³-hybridized carbons (Fsp3) is 0.179. The Bertz CT molecular complexity index is 1270. The number of anilines is 2. The standard InChI is InChI=1S/C28H27N3O3/c32-18-21-15-13-20(14-16-21)6-3-12-26(30-24-10-2-1-7-23(24)19-33)28(34)31-25-11-4-8-22-9-5-17-29-27(22)25/h1-2,4-5,7-11,13-17,19,26,30,32H,3,6,12,18H2,(H,31,34). The van der Waals surface area contributed by atoms with Crippen LogP contribution in [0.4, 0.5) is 11.4 Å². The average molecular weight is 454 g/mol. The minimum atomic E-state index is -0.545. The van der Waals surface area contributed by atoms with Crippen LogP contribution in [0.5, 0.6) is 0 Å². The number of benzene rings is 3. The lowest BCUT2D eigenvalue weighted by molar-refractivity contribution is -0.117. The number of carbonyl (C=O) groups is 2. The van der Waals surface area contributed by atoms with Crippen LogP contribution in [-0.2, 0) is 17.8 Å². The summed E-state index contributed by atoms with van der Waals surface area (Å²) in [6.45, 7) is 0.0195. The number of pyridine rings is 1. The van der Waals surface area contributed by atoms with Gasteiger partial charge in [0.15, 0.2) is 6.29 Å². The number of aromatic nitrogens is 1. The predicted octanol–water partition coefficient (Wildman–Crippen LogP) is 4.98. The highest BCUT2D eigenvalue weighted by molar-refractivity contribution is 6.03. The number of aliphatic hydroxyl groups is 1. The Morgan fingerprint density at radius 2 is 1.65 bits per heavy atom. The van der Waals surface area contributed by atoms with Crippen molar-refractivity contribution in [1.29, 1.82) is 0 Å². The van der Waals surface area contributed by atoms with Gasteiger partial charge in [-0.3, -0.25) is 14.6 Å². The number of carbonyl (C=O) groups excluding carboxylic acids is 2. The summed E-state index contributed by atoms with van der Waals surface area (Å²) in [7, 11) is 0. The molecule has 0 fully saturated rings. The van der Waals surface area contributed by atoms with E-state index in [2.05, 4.69) is 15.6 Å². The number of hydrogen-bond donors (Lipinski definition) is 3. The van der Waals surface area contributed by atoms with Crippen molar-refractivity contribution in [3.8, 4) is 0 Å². The third-order valence-electron chi connectivity index (χ3n) is 5.79. The lowest BCUT2D eigenvalue weighted by Gasteiger charge is -2.21. The van der Waals surface area contributed by atoms with E-state index < -0.39 is 6.04 Å². The van der Waals surface area contributed by atoms with Crippen molar-refractivity contribution < 1.29 is 14.7 Å². The first-order valence-electron chi connectivity index (χ1n) is 11.3. The molecule has 6 heteroatoms. The molecule has 1 amide bonds. The van der Waals surface area contributed by atoms with Gasteiger partial charge in [-0.2, -0.15) is 0 Å². The van der Waals surface area contributed by atoms with Crippen LogP contribution in [0.2, 0.25) is 0 Å². The van der Waals surface area contributed by atoms with Gasteiger partial charge >= 0.3 is 0 Å². The summed E-state index contributed by atoms with van der Waals surface area (Å²) in [4.78, 5) is 29.3. The number of para-hydroxylation sites is 2. The van der Waals surface area contributed by atoms with Gasteiger partial charge in [-0.1, -0.05) is 54.6 Å². The second-order valence-corrected chi connectivity index (χ2v) is 8.14. The van der Waals surface area contributed by atoms with Crippen LogP contribution in [0, 0.1) is 0 Å². The fourth-order valence-corrected chi connectivity index (χ4v) is 3.93. The highest BCUT2D eigenvalue weighted by Crippen LogP contribution is 2.22. The van der Waals surface area contributed by atoms with Crippen LogP contribution in [0.15, 0.2) is 85.1 Å². The van der Waals surface area contributed by atoms with Gasteiger partial charge in [0.05, 0.1) is 17.8 Å². The van der Waals surface area contributed by atoms with Crippen LogP contribution in [0.3, 0.4) is 0 Å². The van der Waals surface area contributed by atoms with Gasteiger partial charge in [0, 0.05) is 22.8 Å². The van der Waals surface area contributed by atoms with Crippen LogP contribution in [0.25, 0.3) is 10.9 Å². The second kappa shape index (κ2) is 11.2. The third-order valence-corrected chi connectivity index (χ3v) is 5.79. The summed E-state index contributed by atoms with van der Waals surface area (Å²) in [5.74, 6) is -0.186. The van der Waals surface area contributed by atoms with E-state index in [1.807, 2.05) is 60.7 Å². The first-order chi connectivity index (χ1) is 16.7. The first-order valence-corrected chi connectivity index (χ1v) is 11.3. The first kappa shape index (κ1) is 23.1. The van der Waals surface area contributed by atoms with E-state index in [4.69, 9.17) is 0 Å². The number of nitrogens with one attached hydrogen (secondary N) is 2. The Kier molecular flexibility index (Phi) is 7.63. The van der Waals surface area contributed by atoms with E-state index in [-0.39, 0.29) is 12.5 Å². The maximum absolute atomic E-state index is 13.4. The summed E-state index contributed by atoms with van der Waals surface area (Å²) in [5.41, 5.74) is 4.53. The molecule has 0 saturated carbocycles. The van der Waals surface area contributed by atoms with Crippen molar-refractivity contribution in [2.24, 2.45) is 0 Å². The molecular formula is C28H27N3O3. The van der Waals surface area contributed by atoms with E-state index in [1.165, 1.54) is 0 Å². The molecule has 1 atom stereocenters. The summed E-state index contributed by atoms with van der Waals surface area (Å²) < 4.78 is 0. The minimum Gasteiger partial charge on any atom is -0.392 e. The normalized spacial score (nSPS) is 11.7. The highest BCUT2D eigenvalue weighted by Gasteiger charge is 2.20. The van der Waals surface area contributed by atoms with Gasteiger partial charge < -0.3 is 15.7 Å². The lowest BCUT2D eigenvalue weighted by Crippen LogP contribution is -2.35. The van der Waals surface area contributed by atoms with Crippen molar-refractivity contribution in [3.63, 3.8) is 0 Å². The SMILES string of the molecule is O=Cc1ccccc1NC(CCCc1ccc(CO)cc1)C(=O)Nc1cccc2cccnc12. The molecule has 0 spiro atoms. The Labute approximate surface area is 198 Å². The number of aliphatic hydroxyl groups excluding tert-OH is 1. The van der Waals surface area contributed by atoms with E-state index in [0.29, 0.717) is 23.4 Å². The second-order valence-electron chi connectivity index (χ2n) is 8.14. The summed E-state index contributed by atoms with van der Waals surface area (Å²) in [6, 6.07) is 23.9. The number of rotatable bonds is 10. The van der Waals surface area contributed by atoms with Gasteiger partial charge in [-0.25, -0.2) is 0 Å². The topological polar surface area (TPSA) is 91.3 Å². The molecule has 0 aliphatic heterocycles. The molecule has 4 aromatic rings. The zero-order valence-electron chi connectivity index (χ0n) is 18.8. The number of nitrogens with zero attached hydrogens (tertiary/aromatic N) is 1. The van der Waals surface area contributed by atoms with Crippen LogP contribution in [-0.4, -0.2) is 28.3 Å². The van der Waals surface area contributed by atoms with Crippen LogP contribution >= 0.6 is 0 Å². The molecule has 1 aromatic heterocycles. The molecule has 34 heavy (non-hydrogen) atoms. The summed E-state index contributed by atoms with van der Waals surface area (Å²) in [5, 5.41) is 16.5. The smallest absolute Gasteiger partial charge is 0.246 e. The molecular weight excluding hydrogens is 426 g/mol. The van der Waals surface area contributed by atoms with Crippen molar-refractivity contribution in [2.45, 2.75) is 31.9 Å². The molecule has 1 heterocycles. The Balaban J connectivity index is 1.51. The molecule has 1 unspecified atom stereocenters. The minimum absolute atomic E-state index is 0.0195. The molecule has 0 bridgehead atoms. The van der Waals surface area contributed by atoms with Gasteiger partial charge in [-0.15, -0.1) is 0 Å². The molecule has 3 N–H and O–H groups in total. The van der Waals surface area contributed by atoms with Crippen molar-refractivity contribution in [3.05, 3.63) is 102 Å². The van der Waals surface area contributed by atoms with Gasteiger partial charge in [0.25, 0.3) is 0 Å². The van der Waals surface area contributed by atoms with E-state index in [0.717, 1.165) is 41.2 Å². The lowest BCUT2D eigenvalue weighted by atomic mass is 10.0. The molecule has 172 valence electrons. The monoisotopic (exact) mass is 453 g/mol. The summed E-state index contributed by atoms with van der Waals surface area (Å²) in [6.07, 6.45) is 4.62. The maximum atomic E-state index is 13.4. The number of fused-ring (bicyclic) bond motifs is 1. The zero-order chi connectivity index (χ0) is 23.8. The van der Waals surface area contributed by atoms with Gasteiger partial charge in [0.2, 0.25) is 5.91 Å². The molecule has 0 aliphatic carbocycles. The molecule has 4 rings (SSSR count). The number of hydrogen-bond acceptors (Lipinski definition) is 5. The Hall–Kier alpha value is -4.03. The quantitative estimate of drug-likeness (QED) is 0.295. The van der Waals surface area contributed by atoms with E-state index in [9.17, 15) is 14.7 Å². The molecule has 6 nitrogen and oxygen atoms in total. The molecule has 0 aliphatic rings. The molecule has 0 radical (unpaired) electrons. The average Bonchev–Trinajstić information content (AvgIpc) is 2.89. The van der Waals surface area contributed by atoms with Crippen molar-refractivity contribution in [2.75, 3.05) is 10.6 Å². The Morgan fingerprint density at radius 1 is 0.912 bits per heavy atom. The van der Waals surface area contributed by atoms with Crippen molar-refractivity contribution in [1.82, 2.24) is 4.98 Å². The molecule has 0 saturated heterocycles. The largest absolute Gasteiger partial charge is 0.392 e. The van der Waals surface area contributed by atoms with Gasteiger partial charge in [0.1, 0.15) is 6.04 Å². The van der Waals surface area contributed by atoms with Crippen LogP contribution in [0.1, 0.15) is 34.3 Å². The van der Waals surface area contributed by atoms with Crippen molar-refractivity contribution >= 4 is 34.5 Å². The van der Waals surface area contributed by atoms with Gasteiger partial charge in [-0.05, 0) is 54.7 Å². The maximum Gasteiger partial charge on any atom is 0.246 e. The number of amides is 1. The summed E-state index contributed by atoms with van der Waals surface area (Å²) >= 11 is 0. The number of aryl methyl sites for hydroxylation is 1. The van der Waals surface area contributed by atoms with Crippen LogP contribution < -0.4 is 10.6 Å². The predicted molar refractivity (Wildman–Crippen MR) is 135 cm³/mol. The Morgan fingerprint density at radius 3 is 2.44 bits per heavy atom. The molecule has 3 aromatic carbocycles. The number of aldehydes is 1. The van der Waals surface area contributed by atoms with E-state index >= 15 is 0 Å². The van der Waals surface area contributed by atoms with E-state index in [1.54, 1.807) is 24.4 Å².